The molecular weight excluding hydrogens is 268 g/mol. The highest BCUT2D eigenvalue weighted by atomic mass is 35.5. The fourth-order valence-corrected chi connectivity index (χ4v) is 2.12. The molecule has 1 atom stereocenters. The van der Waals surface area contributed by atoms with Crippen molar-refractivity contribution in [1.29, 1.82) is 0 Å². The summed E-state index contributed by atoms with van der Waals surface area (Å²) in [5.74, 6) is -1.25. The summed E-state index contributed by atoms with van der Waals surface area (Å²) in [7, 11) is 0. The number of nitrogens with one attached hydrogen (secondary N) is 1. The van der Waals surface area contributed by atoms with Crippen LogP contribution < -0.4 is 5.32 Å². The second kappa shape index (κ2) is 6.64. The van der Waals surface area contributed by atoms with Crippen molar-refractivity contribution in [3.8, 4) is 0 Å². The molecule has 2 aromatic rings. The van der Waals surface area contributed by atoms with Crippen molar-refractivity contribution in [2.24, 2.45) is 0 Å². The molecule has 0 heterocycles. The van der Waals surface area contributed by atoms with Crippen LogP contribution in [-0.2, 0) is 6.54 Å². The van der Waals surface area contributed by atoms with Crippen LogP contribution in [0.15, 0.2) is 48.5 Å². The molecule has 0 aliphatic heterocycles. The van der Waals surface area contributed by atoms with Gasteiger partial charge in [0, 0.05) is 18.5 Å². The molecule has 0 radical (unpaired) electrons. The van der Waals surface area contributed by atoms with Gasteiger partial charge < -0.3 is 5.32 Å². The molecule has 4 heteroatoms. The van der Waals surface area contributed by atoms with Gasteiger partial charge in [-0.15, -0.1) is 11.6 Å². The summed E-state index contributed by atoms with van der Waals surface area (Å²) in [5, 5.41) is 3.23. The number of halogens is 3. The molecule has 0 fully saturated rings. The second-order valence-electron chi connectivity index (χ2n) is 4.25. The molecule has 0 aromatic heterocycles. The van der Waals surface area contributed by atoms with E-state index in [2.05, 4.69) is 5.32 Å². The first-order valence-corrected chi connectivity index (χ1v) is 6.52. The van der Waals surface area contributed by atoms with Crippen LogP contribution in [0.1, 0.15) is 17.2 Å². The minimum Gasteiger partial charge on any atom is -0.305 e. The number of hydrogen-bond acceptors (Lipinski definition) is 1. The lowest BCUT2D eigenvalue weighted by Gasteiger charge is -2.16. The highest BCUT2D eigenvalue weighted by Crippen LogP contribution is 2.15. The minimum absolute atomic E-state index is 0.0176. The Morgan fingerprint density at radius 3 is 2.37 bits per heavy atom. The van der Waals surface area contributed by atoms with Crippen molar-refractivity contribution in [3.63, 3.8) is 0 Å². The Morgan fingerprint density at radius 1 is 1.00 bits per heavy atom. The van der Waals surface area contributed by atoms with Gasteiger partial charge in [-0.1, -0.05) is 36.4 Å². The number of alkyl halides is 1. The highest BCUT2D eigenvalue weighted by molar-refractivity contribution is 6.18. The number of benzene rings is 2. The van der Waals surface area contributed by atoms with E-state index in [-0.39, 0.29) is 6.04 Å². The largest absolute Gasteiger partial charge is 0.305 e. The van der Waals surface area contributed by atoms with E-state index in [4.69, 9.17) is 11.6 Å². The molecule has 1 unspecified atom stereocenters. The lowest BCUT2D eigenvalue weighted by atomic mass is 10.1. The Balaban J connectivity index is 2.02. The first-order chi connectivity index (χ1) is 9.20. The standard InChI is InChI=1S/C15H14ClF2N/c16-9-15(12-4-2-1-3-5-12)19-10-11-6-7-13(17)14(18)8-11/h1-8,15,19H,9-10H2. The maximum absolute atomic E-state index is 13.1. The van der Waals surface area contributed by atoms with Gasteiger partial charge in [-0.2, -0.15) is 0 Å². The first kappa shape index (κ1) is 14.0. The van der Waals surface area contributed by atoms with Gasteiger partial charge in [0.15, 0.2) is 11.6 Å². The molecule has 0 saturated carbocycles. The summed E-state index contributed by atoms with van der Waals surface area (Å²) in [6, 6.07) is 13.6. The SMILES string of the molecule is Fc1ccc(CNC(CCl)c2ccccc2)cc1F. The van der Waals surface area contributed by atoms with Crippen LogP contribution in [0, 0.1) is 11.6 Å². The Bertz CT molecular complexity index is 531. The van der Waals surface area contributed by atoms with Crippen LogP contribution in [-0.4, -0.2) is 5.88 Å². The maximum Gasteiger partial charge on any atom is 0.159 e. The molecule has 100 valence electrons. The van der Waals surface area contributed by atoms with Gasteiger partial charge >= 0.3 is 0 Å². The van der Waals surface area contributed by atoms with Crippen LogP contribution in [0.3, 0.4) is 0 Å². The summed E-state index contributed by atoms with van der Waals surface area (Å²) in [5.41, 5.74) is 1.75. The van der Waals surface area contributed by atoms with Crippen LogP contribution >= 0.6 is 11.6 Å². The van der Waals surface area contributed by atoms with E-state index >= 15 is 0 Å². The van der Waals surface area contributed by atoms with E-state index in [0.717, 1.165) is 11.6 Å². The van der Waals surface area contributed by atoms with E-state index in [1.807, 2.05) is 30.3 Å². The van der Waals surface area contributed by atoms with Crippen molar-refractivity contribution in [1.82, 2.24) is 5.32 Å². The summed E-state index contributed by atoms with van der Waals surface area (Å²) in [6.07, 6.45) is 0. The van der Waals surface area contributed by atoms with Crippen LogP contribution in [0.4, 0.5) is 8.78 Å². The predicted molar refractivity (Wildman–Crippen MR) is 73.1 cm³/mol. The van der Waals surface area contributed by atoms with Crippen molar-refractivity contribution in [3.05, 3.63) is 71.3 Å². The molecule has 0 amide bonds. The van der Waals surface area contributed by atoms with E-state index in [9.17, 15) is 8.78 Å². The Morgan fingerprint density at radius 2 is 1.74 bits per heavy atom. The summed E-state index contributed by atoms with van der Waals surface area (Å²) >= 11 is 5.93. The quantitative estimate of drug-likeness (QED) is 0.816. The summed E-state index contributed by atoms with van der Waals surface area (Å²) in [4.78, 5) is 0. The van der Waals surface area contributed by atoms with E-state index in [1.165, 1.54) is 6.07 Å². The van der Waals surface area contributed by atoms with Gasteiger partial charge in [-0.25, -0.2) is 8.78 Å². The van der Waals surface area contributed by atoms with Gasteiger partial charge in [0.2, 0.25) is 0 Å². The van der Waals surface area contributed by atoms with Crippen molar-refractivity contribution in [2.75, 3.05) is 5.88 Å². The molecule has 0 aliphatic carbocycles. The molecule has 0 saturated heterocycles. The number of rotatable bonds is 5. The molecule has 19 heavy (non-hydrogen) atoms. The monoisotopic (exact) mass is 281 g/mol. The Hall–Kier alpha value is -1.45. The van der Waals surface area contributed by atoms with Crippen molar-refractivity contribution >= 4 is 11.6 Å². The fraction of sp³-hybridized carbons (Fsp3) is 0.200. The zero-order chi connectivity index (χ0) is 13.7. The van der Waals surface area contributed by atoms with Crippen molar-refractivity contribution < 1.29 is 8.78 Å². The fourth-order valence-electron chi connectivity index (χ4n) is 1.84. The van der Waals surface area contributed by atoms with E-state index < -0.39 is 11.6 Å². The zero-order valence-electron chi connectivity index (χ0n) is 10.2. The molecular formula is C15H14ClF2N. The number of hydrogen-bond donors (Lipinski definition) is 1. The molecule has 1 nitrogen and oxygen atoms in total. The average molecular weight is 282 g/mol. The van der Waals surface area contributed by atoms with Crippen LogP contribution in [0.2, 0.25) is 0 Å². The summed E-state index contributed by atoms with van der Waals surface area (Å²) < 4.78 is 25.9. The van der Waals surface area contributed by atoms with Gasteiger partial charge in [-0.05, 0) is 23.3 Å². The third-order valence-corrected chi connectivity index (χ3v) is 3.20. The second-order valence-corrected chi connectivity index (χ2v) is 4.56. The van der Waals surface area contributed by atoms with Crippen molar-refractivity contribution in [2.45, 2.75) is 12.6 Å². The molecule has 2 rings (SSSR count). The zero-order valence-corrected chi connectivity index (χ0v) is 11.0. The average Bonchev–Trinajstić information content (AvgIpc) is 2.44. The molecule has 2 aromatic carbocycles. The first-order valence-electron chi connectivity index (χ1n) is 5.99. The van der Waals surface area contributed by atoms with Gasteiger partial charge in [-0.3, -0.25) is 0 Å². The van der Waals surface area contributed by atoms with Gasteiger partial charge in [0.05, 0.1) is 0 Å². The molecule has 0 aliphatic rings. The lowest BCUT2D eigenvalue weighted by Crippen LogP contribution is -2.22. The summed E-state index contributed by atoms with van der Waals surface area (Å²) in [6.45, 7) is 0.434. The Labute approximate surface area is 116 Å². The van der Waals surface area contributed by atoms with Crippen LogP contribution in [0.5, 0.6) is 0 Å². The minimum atomic E-state index is -0.833. The van der Waals surface area contributed by atoms with Crippen LogP contribution in [0.25, 0.3) is 0 Å². The lowest BCUT2D eigenvalue weighted by molar-refractivity contribution is 0.504. The third kappa shape index (κ3) is 3.75. The normalized spacial score (nSPS) is 12.4. The molecule has 0 bridgehead atoms. The highest BCUT2D eigenvalue weighted by Gasteiger charge is 2.09. The topological polar surface area (TPSA) is 12.0 Å². The van der Waals surface area contributed by atoms with E-state index in [0.29, 0.717) is 18.0 Å². The third-order valence-electron chi connectivity index (χ3n) is 2.89. The maximum atomic E-state index is 13.1. The van der Waals surface area contributed by atoms with Gasteiger partial charge in [0.25, 0.3) is 0 Å². The Kier molecular flexibility index (Phi) is 4.88. The molecule has 0 spiro atoms. The predicted octanol–water partition coefficient (Wildman–Crippen LogP) is 4.03. The van der Waals surface area contributed by atoms with E-state index in [1.54, 1.807) is 6.07 Å². The van der Waals surface area contributed by atoms with Gasteiger partial charge in [0.1, 0.15) is 0 Å². The smallest absolute Gasteiger partial charge is 0.159 e. The molecule has 1 N–H and O–H groups in total.